The monoisotopic (exact) mass is 277 g/mol. The summed E-state index contributed by atoms with van der Waals surface area (Å²) in [5.41, 5.74) is 1.91. The average molecular weight is 277 g/mol. The first-order chi connectivity index (χ1) is 8.72. The standard InChI is InChI=1S/C15H23NO2Si/c1-15(2,3)19(4,5)18-16-11-10-12-8-6-7-9-13(12)14(16)17/h6-9H,10-11H2,1-5H3. The SMILES string of the molecule is CC(C)(C)[Si](C)(C)ON1CCc2ccccc2C1=O. The summed E-state index contributed by atoms with van der Waals surface area (Å²) < 4.78 is 6.14. The van der Waals surface area contributed by atoms with Crippen LogP contribution in [0.3, 0.4) is 0 Å². The molecular formula is C15H23NO2Si. The lowest BCUT2D eigenvalue weighted by atomic mass is 10.0. The summed E-state index contributed by atoms with van der Waals surface area (Å²) in [5, 5.41) is 1.68. The van der Waals surface area contributed by atoms with Gasteiger partial charge in [0.15, 0.2) is 0 Å². The first-order valence-electron chi connectivity index (χ1n) is 6.81. The van der Waals surface area contributed by atoms with E-state index in [0.29, 0.717) is 6.54 Å². The van der Waals surface area contributed by atoms with Crippen molar-refractivity contribution in [1.29, 1.82) is 0 Å². The molecule has 0 fully saturated rings. The van der Waals surface area contributed by atoms with Gasteiger partial charge < -0.3 is 4.53 Å². The molecule has 0 N–H and O–H groups in total. The van der Waals surface area contributed by atoms with Crippen LogP contribution in [0.15, 0.2) is 24.3 Å². The number of carbonyl (C=O) groups excluding carboxylic acids is 1. The summed E-state index contributed by atoms with van der Waals surface area (Å²) in [5.74, 6) is 0.00618. The second kappa shape index (κ2) is 4.76. The summed E-state index contributed by atoms with van der Waals surface area (Å²) in [6.07, 6.45) is 0.872. The van der Waals surface area contributed by atoms with Crippen molar-refractivity contribution in [2.75, 3.05) is 6.54 Å². The van der Waals surface area contributed by atoms with Crippen LogP contribution >= 0.6 is 0 Å². The van der Waals surface area contributed by atoms with E-state index in [1.807, 2.05) is 24.3 Å². The minimum Gasteiger partial charge on any atom is -0.317 e. The van der Waals surface area contributed by atoms with E-state index in [0.717, 1.165) is 17.5 Å². The Balaban J connectivity index is 2.20. The smallest absolute Gasteiger partial charge is 0.276 e. The lowest BCUT2D eigenvalue weighted by Crippen LogP contribution is -2.50. The van der Waals surface area contributed by atoms with E-state index in [-0.39, 0.29) is 10.9 Å². The summed E-state index contributed by atoms with van der Waals surface area (Å²) in [4.78, 5) is 12.4. The van der Waals surface area contributed by atoms with Gasteiger partial charge in [-0.25, -0.2) is 5.06 Å². The van der Waals surface area contributed by atoms with Crippen molar-refractivity contribution in [1.82, 2.24) is 5.06 Å². The third kappa shape index (κ3) is 2.74. The predicted octanol–water partition coefficient (Wildman–Crippen LogP) is 3.62. The summed E-state index contributed by atoms with van der Waals surface area (Å²) in [6, 6.07) is 7.80. The van der Waals surface area contributed by atoms with Gasteiger partial charge in [-0.3, -0.25) is 4.79 Å². The molecule has 1 aliphatic heterocycles. The molecule has 104 valence electrons. The zero-order valence-electron chi connectivity index (χ0n) is 12.5. The molecule has 0 atom stereocenters. The molecule has 0 radical (unpaired) electrons. The molecule has 0 aromatic heterocycles. The van der Waals surface area contributed by atoms with Crippen LogP contribution in [0.25, 0.3) is 0 Å². The fraction of sp³-hybridized carbons (Fsp3) is 0.533. The molecule has 19 heavy (non-hydrogen) atoms. The normalized spacial score (nSPS) is 16.5. The van der Waals surface area contributed by atoms with Gasteiger partial charge in [0.1, 0.15) is 0 Å². The zero-order valence-corrected chi connectivity index (χ0v) is 13.5. The zero-order chi connectivity index (χ0) is 14.3. The number of hydroxylamine groups is 2. The van der Waals surface area contributed by atoms with Crippen LogP contribution in [0.4, 0.5) is 0 Å². The van der Waals surface area contributed by atoms with Gasteiger partial charge in [0, 0.05) is 5.56 Å². The van der Waals surface area contributed by atoms with Gasteiger partial charge in [0.05, 0.1) is 6.54 Å². The summed E-state index contributed by atoms with van der Waals surface area (Å²) >= 11 is 0. The Morgan fingerprint density at radius 3 is 2.47 bits per heavy atom. The highest BCUT2D eigenvalue weighted by Crippen LogP contribution is 2.37. The maximum Gasteiger partial charge on any atom is 0.276 e. The second-order valence-electron chi connectivity index (χ2n) is 6.67. The van der Waals surface area contributed by atoms with Crippen LogP contribution in [0.5, 0.6) is 0 Å². The van der Waals surface area contributed by atoms with E-state index in [1.165, 1.54) is 0 Å². The van der Waals surface area contributed by atoms with Crippen molar-refractivity contribution < 1.29 is 9.32 Å². The highest BCUT2D eigenvalue weighted by molar-refractivity contribution is 6.74. The molecular weight excluding hydrogens is 254 g/mol. The number of amides is 1. The Hall–Kier alpha value is -1.13. The number of carbonyl (C=O) groups is 1. The molecule has 0 saturated heterocycles. The molecule has 1 amide bonds. The van der Waals surface area contributed by atoms with Gasteiger partial charge in [-0.05, 0) is 36.2 Å². The second-order valence-corrected chi connectivity index (χ2v) is 11.4. The number of rotatable bonds is 2. The molecule has 1 aromatic rings. The Bertz CT molecular complexity index is 491. The number of hydrogen-bond acceptors (Lipinski definition) is 2. The Morgan fingerprint density at radius 2 is 1.84 bits per heavy atom. The molecule has 1 heterocycles. The molecule has 4 heteroatoms. The number of fused-ring (bicyclic) bond motifs is 1. The topological polar surface area (TPSA) is 29.5 Å². The van der Waals surface area contributed by atoms with Gasteiger partial charge in [-0.1, -0.05) is 39.0 Å². The maximum atomic E-state index is 12.4. The first-order valence-corrected chi connectivity index (χ1v) is 9.72. The van der Waals surface area contributed by atoms with Crippen LogP contribution in [0, 0.1) is 0 Å². The Labute approximate surface area is 116 Å². The van der Waals surface area contributed by atoms with Gasteiger partial charge in [0.25, 0.3) is 5.91 Å². The first kappa shape index (κ1) is 14.3. The average Bonchev–Trinajstić information content (AvgIpc) is 2.31. The molecule has 0 saturated carbocycles. The van der Waals surface area contributed by atoms with Crippen molar-refractivity contribution in [2.45, 2.75) is 45.3 Å². The third-order valence-corrected chi connectivity index (χ3v) is 8.49. The molecule has 1 aromatic carbocycles. The molecule has 3 nitrogen and oxygen atoms in total. The van der Waals surface area contributed by atoms with Gasteiger partial charge in [-0.15, -0.1) is 0 Å². The highest BCUT2D eigenvalue weighted by Gasteiger charge is 2.41. The van der Waals surface area contributed by atoms with E-state index in [9.17, 15) is 4.79 Å². The number of nitrogens with zero attached hydrogens (tertiary/aromatic N) is 1. The summed E-state index contributed by atoms with van der Waals surface area (Å²) in [6.45, 7) is 11.5. The third-order valence-electron chi connectivity index (χ3n) is 4.20. The number of hydrogen-bond donors (Lipinski definition) is 0. The fourth-order valence-corrected chi connectivity index (χ4v) is 2.90. The Kier molecular flexibility index (Phi) is 3.58. The van der Waals surface area contributed by atoms with Crippen LogP contribution in [-0.2, 0) is 10.9 Å². The van der Waals surface area contributed by atoms with Crippen molar-refractivity contribution in [3.05, 3.63) is 35.4 Å². The van der Waals surface area contributed by atoms with Crippen LogP contribution in [-0.4, -0.2) is 25.8 Å². The molecule has 2 rings (SSSR count). The van der Waals surface area contributed by atoms with Gasteiger partial charge in [0.2, 0.25) is 8.32 Å². The summed E-state index contributed by atoms with van der Waals surface area (Å²) in [7, 11) is -1.95. The predicted molar refractivity (Wildman–Crippen MR) is 79.5 cm³/mol. The number of benzene rings is 1. The minimum atomic E-state index is -1.95. The Morgan fingerprint density at radius 1 is 1.21 bits per heavy atom. The van der Waals surface area contributed by atoms with Gasteiger partial charge in [-0.2, -0.15) is 0 Å². The van der Waals surface area contributed by atoms with Crippen molar-refractivity contribution >= 4 is 14.2 Å². The molecule has 0 spiro atoms. The van der Waals surface area contributed by atoms with E-state index in [4.69, 9.17) is 4.53 Å². The largest absolute Gasteiger partial charge is 0.317 e. The van der Waals surface area contributed by atoms with E-state index >= 15 is 0 Å². The fourth-order valence-electron chi connectivity index (χ4n) is 1.90. The van der Waals surface area contributed by atoms with E-state index in [1.54, 1.807) is 5.06 Å². The molecule has 0 bridgehead atoms. The highest BCUT2D eigenvalue weighted by atomic mass is 28.4. The van der Waals surface area contributed by atoms with E-state index < -0.39 is 8.32 Å². The maximum absolute atomic E-state index is 12.4. The molecule has 0 aliphatic carbocycles. The van der Waals surface area contributed by atoms with Crippen LogP contribution in [0.2, 0.25) is 18.1 Å². The van der Waals surface area contributed by atoms with Crippen molar-refractivity contribution in [2.24, 2.45) is 0 Å². The lowest BCUT2D eigenvalue weighted by Gasteiger charge is -2.40. The van der Waals surface area contributed by atoms with Crippen LogP contribution in [0.1, 0.15) is 36.7 Å². The quantitative estimate of drug-likeness (QED) is 0.773. The van der Waals surface area contributed by atoms with E-state index in [2.05, 4.69) is 33.9 Å². The van der Waals surface area contributed by atoms with Crippen molar-refractivity contribution in [3.63, 3.8) is 0 Å². The molecule has 0 unspecified atom stereocenters. The van der Waals surface area contributed by atoms with Gasteiger partial charge >= 0.3 is 0 Å². The van der Waals surface area contributed by atoms with Crippen molar-refractivity contribution in [3.8, 4) is 0 Å². The molecule has 1 aliphatic rings. The van der Waals surface area contributed by atoms with Crippen LogP contribution < -0.4 is 0 Å². The lowest BCUT2D eigenvalue weighted by molar-refractivity contribution is -0.0469. The minimum absolute atomic E-state index is 0.00618.